The van der Waals surface area contributed by atoms with E-state index in [4.69, 9.17) is 0 Å². The van der Waals surface area contributed by atoms with Crippen molar-refractivity contribution in [3.63, 3.8) is 0 Å². The van der Waals surface area contributed by atoms with Crippen molar-refractivity contribution in [1.29, 1.82) is 0 Å². The van der Waals surface area contributed by atoms with Gasteiger partial charge in [-0.2, -0.15) is 0 Å². The lowest BCUT2D eigenvalue weighted by Gasteiger charge is -2.20. The third-order valence-corrected chi connectivity index (χ3v) is 3.02. The summed E-state index contributed by atoms with van der Waals surface area (Å²) < 4.78 is 0. The van der Waals surface area contributed by atoms with Gasteiger partial charge in [0.1, 0.15) is 5.75 Å². The highest BCUT2D eigenvalue weighted by molar-refractivity contribution is 5.27. The highest BCUT2D eigenvalue weighted by atomic mass is 16.3. The number of phenols is 1. The molecule has 0 aliphatic rings. The van der Waals surface area contributed by atoms with E-state index in [0.717, 1.165) is 11.3 Å². The van der Waals surface area contributed by atoms with E-state index in [1.165, 1.54) is 0 Å². The minimum atomic E-state index is 0.190. The minimum Gasteiger partial charge on any atom is -0.508 e. The maximum atomic E-state index is 9.27. The summed E-state index contributed by atoms with van der Waals surface area (Å²) >= 11 is 0. The van der Waals surface area contributed by atoms with Gasteiger partial charge in [0, 0.05) is 18.3 Å². The van der Waals surface area contributed by atoms with Crippen molar-refractivity contribution >= 4 is 0 Å². The molecule has 1 aromatic carbocycles. The molecule has 3 nitrogen and oxygen atoms in total. The van der Waals surface area contributed by atoms with Crippen LogP contribution in [0.15, 0.2) is 48.7 Å². The van der Waals surface area contributed by atoms with Crippen LogP contribution in [0.4, 0.5) is 0 Å². The van der Waals surface area contributed by atoms with Gasteiger partial charge in [0.2, 0.25) is 0 Å². The zero-order valence-corrected chi connectivity index (χ0v) is 10.7. The van der Waals surface area contributed by atoms with Crippen LogP contribution in [0.2, 0.25) is 0 Å². The smallest absolute Gasteiger partial charge is 0.115 e. The summed E-state index contributed by atoms with van der Waals surface area (Å²) in [6.45, 7) is 4.20. The van der Waals surface area contributed by atoms with Crippen LogP contribution in [0.5, 0.6) is 5.75 Å². The molecule has 0 fully saturated rings. The van der Waals surface area contributed by atoms with Crippen molar-refractivity contribution in [2.75, 3.05) is 0 Å². The molecule has 0 bridgehead atoms. The van der Waals surface area contributed by atoms with Crippen LogP contribution in [0.1, 0.15) is 37.2 Å². The summed E-state index contributed by atoms with van der Waals surface area (Å²) in [5.74, 6) is 0.295. The van der Waals surface area contributed by atoms with Crippen molar-refractivity contribution in [3.05, 3.63) is 59.9 Å². The first-order valence-electron chi connectivity index (χ1n) is 6.12. The summed E-state index contributed by atoms with van der Waals surface area (Å²) in [7, 11) is 0. The molecule has 1 unspecified atom stereocenters. The van der Waals surface area contributed by atoms with E-state index in [1.54, 1.807) is 18.3 Å². The summed E-state index contributed by atoms with van der Waals surface area (Å²) in [5.41, 5.74) is 2.18. The highest BCUT2D eigenvalue weighted by Gasteiger charge is 2.11. The average Bonchev–Trinajstić information content (AvgIpc) is 2.40. The molecule has 94 valence electrons. The number of phenolic OH excluding ortho intramolecular Hbond substituents is 1. The molecule has 0 radical (unpaired) electrons. The molecule has 1 aromatic heterocycles. The predicted molar refractivity (Wildman–Crippen MR) is 72.3 cm³/mol. The van der Waals surface area contributed by atoms with Crippen molar-refractivity contribution in [2.45, 2.75) is 25.9 Å². The third-order valence-electron chi connectivity index (χ3n) is 3.02. The Morgan fingerprint density at radius 3 is 2.33 bits per heavy atom. The Kier molecular flexibility index (Phi) is 3.95. The number of nitrogens with one attached hydrogen (secondary N) is 1. The second-order valence-corrected chi connectivity index (χ2v) is 4.46. The number of rotatable bonds is 4. The van der Waals surface area contributed by atoms with Gasteiger partial charge in [0.25, 0.3) is 0 Å². The Labute approximate surface area is 108 Å². The predicted octanol–water partition coefficient (Wildman–Crippen LogP) is 3.20. The van der Waals surface area contributed by atoms with Crippen LogP contribution in [0.3, 0.4) is 0 Å². The summed E-state index contributed by atoms with van der Waals surface area (Å²) in [4.78, 5) is 4.34. The lowest BCUT2D eigenvalue weighted by atomic mass is 10.1. The number of aromatic hydroxyl groups is 1. The SMILES string of the molecule is CC(N[C@@H](C)c1ccccn1)c1ccc(O)cc1. The standard InChI is InChI=1S/C15H18N2O/c1-11(13-6-8-14(18)9-7-13)17-12(2)15-5-3-4-10-16-15/h3-12,17-18H,1-2H3/t11?,12-/m0/s1. The summed E-state index contributed by atoms with van der Waals surface area (Å²) in [6.07, 6.45) is 1.80. The second-order valence-electron chi connectivity index (χ2n) is 4.46. The first-order valence-corrected chi connectivity index (χ1v) is 6.12. The number of benzene rings is 1. The first-order chi connectivity index (χ1) is 8.66. The molecule has 2 rings (SSSR count). The van der Waals surface area contributed by atoms with Gasteiger partial charge in [0.15, 0.2) is 0 Å². The maximum absolute atomic E-state index is 9.27. The Bertz CT molecular complexity index is 482. The van der Waals surface area contributed by atoms with Gasteiger partial charge in [-0.3, -0.25) is 4.98 Å². The number of pyridine rings is 1. The van der Waals surface area contributed by atoms with Gasteiger partial charge < -0.3 is 10.4 Å². The molecule has 0 aliphatic carbocycles. The number of nitrogens with zero attached hydrogens (tertiary/aromatic N) is 1. The lowest BCUT2D eigenvalue weighted by molar-refractivity contribution is 0.471. The van der Waals surface area contributed by atoms with Crippen LogP contribution in [-0.2, 0) is 0 Å². The van der Waals surface area contributed by atoms with Crippen LogP contribution < -0.4 is 5.32 Å². The van der Waals surface area contributed by atoms with Crippen LogP contribution >= 0.6 is 0 Å². The minimum absolute atomic E-state index is 0.190. The molecule has 2 N–H and O–H groups in total. The fourth-order valence-electron chi connectivity index (χ4n) is 1.95. The molecule has 3 heteroatoms. The van der Waals surface area contributed by atoms with E-state index in [-0.39, 0.29) is 12.1 Å². The Hall–Kier alpha value is -1.87. The van der Waals surface area contributed by atoms with Crippen LogP contribution in [0.25, 0.3) is 0 Å². The second kappa shape index (κ2) is 5.65. The molecule has 0 amide bonds. The summed E-state index contributed by atoms with van der Waals surface area (Å²) in [5, 5.41) is 12.8. The molecular weight excluding hydrogens is 224 g/mol. The van der Waals surface area contributed by atoms with E-state index in [2.05, 4.69) is 24.1 Å². The molecule has 18 heavy (non-hydrogen) atoms. The van der Waals surface area contributed by atoms with Gasteiger partial charge in [-0.15, -0.1) is 0 Å². The number of hydrogen-bond acceptors (Lipinski definition) is 3. The Balaban J connectivity index is 2.03. The topological polar surface area (TPSA) is 45.2 Å². The van der Waals surface area contributed by atoms with Gasteiger partial charge >= 0.3 is 0 Å². The van der Waals surface area contributed by atoms with E-state index in [1.807, 2.05) is 30.3 Å². The van der Waals surface area contributed by atoms with Gasteiger partial charge in [0.05, 0.1) is 5.69 Å². The molecule has 2 atom stereocenters. The van der Waals surface area contributed by atoms with Gasteiger partial charge in [-0.1, -0.05) is 18.2 Å². The molecular formula is C15H18N2O. The van der Waals surface area contributed by atoms with E-state index in [9.17, 15) is 5.11 Å². The fourth-order valence-corrected chi connectivity index (χ4v) is 1.95. The third kappa shape index (κ3) is 3.08. The maximum Gasteiger partial charge on any atom is 0.115 e. The van der Waals surface area contributed by atoms with E-state index in [0.29, 0.717) is 5.75 Å². The van der Waals surface area contributed by atoms with Crippen molar-refractivity contribution in [1.82, 2.24) is 10.3 Å². The summed E-state index contributed by atoms with van der Waals surface area (Å²) in [6, 6.07) is 13.6. The quantitative estimate of drug-likeness (QED) is 0.865. The van der Waals surface area contributed by atoms with E-state index < -0.39 is 0 Å². The van der Waals surface area contributed by atoms with Crippen LogP contribution in [-0.4, -0.2) is 10.1 Å². The van der Waals surface area contributed by atoms with Crippen LogP contribution in [0, 0.1) is 0 Å². The molecule has 0 spiro atoms. The zero-order chi connectivity index (χ0) is 13.0. The van der Waals surface area contributed by atoms with Crippen molar-refractivity contribution in [3.8, 4) is 5.75 Å². The molecule has 0 saturated heterocycles. The largest absolute Gasteiger partial charge is 0.508 e. The number of hydrogen-bond donors (Lipinski definition) is 2. The molecule has 1 heterocycles. The lowest BCUT2D eigenvalue weighted by Crippen LogP contribution is -2.23. The first kappa shape index (κ1) is 12.6. The highest BCUT2D eigenvalue weighted by Crippen LogP contribution is 2.19. The Morgan fingerprint density at radius 2 is 1.72 bits per heavy atom. The normalized spacial score (nSPS) is 14.1. The van der Waals surface area contributed by atoms with Gasteiger partial charge in [-0.05, 0) is 43.7 Å². The monoisotopic (exact) mass is 242 g/mol. The average molecular weight is 242 g/mol. The zero-order valence-electron chi connectivity index (χ0n) is 10.7. The van der Waals surface area contributed by atoms with E-state index >= 15 is 0 Å². The Morgan fingerprint density at radius 1 is 1.00 bits per heavy atom. The van der Waals surface area contributed by atoms with Gasteiger partial charge in [-0.25, -0.2) is 0 Å². The fraction of sp³-hybridized carbons (Fsp3) is 0.267. The molecule has 0 saturated carbocycles. The molecule has 0 aliphatic heterocycles. The number of aromatic nitrogens is 1. The molecule has 2 aromatic rings. The van der Waals surface area contributed by atoms with Crippen molar-refractivity contribution < 1.29 is 5.11 Å². The van der Waals surface area contributed by atoms with Crippen molar-refractivity contribution in [2.24, 2.45) is 0 Å².